The predicted molar refractivity (Wildman–Crippen MR) is 139 cm³/mol. The molecule has 1 aliphatic heterocycles. The van der Waals surface area contributed by atoms with E-state index in [-0.39, 0.29) is 24.5 Å². The molecule has 1 aromatic heterocycles. The number of carbonyl (C=O) groups is 1. The second-order valence-electron chi connectivity index (χ2n) is 8.15. The number of likely N-dealkylation sites (tertiary alicyclic amines) is 1. The Kier molecular flexibility index (Phi) is 11.0. The Morgan fingerprint density at radius 3 is 2.64 bits per heavy atom. The van der Waals surface area contributed by atoms with Crippen LogP contribution in [0.15, 0.2) is 30.3 Å². The Morgan fingerprint density at radius 1 is 1.21 bits per heavy atom. The lowest BCUT2D eigenvalue weighted by molar-refractivity contribution is 0.0458. The number of ether oxygens (including phenoxy) is 2. The van der Waals surface area contributed by atoms with Crippen molar-refractivity contribution in [2.24, 2.45) is 0 Å². The minimum atomic E-state index is -0.0373. The number of carbonyl (C=O) groups excluding carboxylic acids is 1. The fourth-order valence-corrected chi connectivity index (χ4v) is 5.27. The van der Waals surface area contributed by atoms with Crippen LogP contribution in [-0.4, -0.2) is 61.4 Å². The highest BCUT2D eigenvalue weighted by molar-refractivity contribution is 7.17. The molecule has 3 rings (SSSR count). The smallest absolute Gasteiger partial charge is 0.262 e. The average Bonchev–Trinajstić information content (AvgIpc) is 3.48. The van der Waals surface area contributed by atoms with Crippen molar-refractivity contribution in [3.05, 3.63) is 35.2 Å². The second kappa shape index (κ2) is 13.2. The topological polar surface area (TPSA) is 54.0 Å². The number of methoxy groups -OCH3 is 1. The second-order valence-corrected chi connectivity index (χ2v) is 9.23. The maximum Gasteiger partial charge on any atom is 0.262 e. The minimum Gasteiger partial charge on any atom is -0.493 e. The van der Waals surface area contributed by atoms with Crippen LogP contribution in [0.2, 0.25) is 0 Å². The van der Waals surface area contributed by atoms with Gasteiger partial charge in [-0.2, -0.15) is 0 Å². The van der Waals surface area contributed by atoms with Crippen LogP contribution in [-0.2, 0) is 0 Å². The Labute approximate surface area is 208 Å². The molecule has 1 saturated heterocycles. The summed E-state index contributed by atoms with van der Waals surface area (Å²) in [6.45, 7) is 12.1. The van der Waals surface area contributed by atoms with Crippen molar-refractivity contribution < 1.29 is 14.3 Å². The summed E-state index contributed by atoms with van der Waals surface area (Å²) in [7, 11) is 1.66. The third-order valence-corrected chi connectivity index (χ3v) is 7.45. The minimum absolute atomic E-state index is 0. The fourth-order valence-electron chi connectivity index (χ4n) is 4.36. The quantitative estimate of drug-likeness (QED) is 0.419. The van der Waals surface area contributed by atoms with E-state index in [1.54, 1.807) is 7.11 Å². The van der Waals surface area contributed by atoms with Gasteiger partial charge in [0.2, 0.25) is 0 Å². The molecule has 1 N–H and O–H groups in total. The molecule has 0 bridgehead atoms. The summed E-state index contributed by atoms with van der Waals surface area (Å²) < 4.78 is 11.8. The van der Waals surface area contributed by atoms with E-state index in [1.807, 2.05) is 30.3 Å². The first-order valence-electron chi connectivity index (χ1n) is 11.7. The van der Waals surface area contributed by atoms with Gasteiger partial charge in [-0.3, -0.25) is 14.6 Å². The molecule has 184 valence electrons. The van der Waals surface area contributed by atoms with Gasteiger partial charge in [0, 0.05) is 17.5 Å². The van der Waals surface area contributed by atoms with Crippen molar-refractivity contribution >= 4 is 29.7 Å². The molecule has 1 amide bonds. The zero-order valence-corrected chi connectivity index (χ0v) is 22.1. The van der Waals surface area contributed by atoms with Gasteiger partial charge in [-0.05, 0) is 75.2 Å². The number of rotatable bonds is 11. The molecule has 0 spiro atoms. The van der Waals surface area contributed by atoms with Gasteiger partial charge in [0.05, 0.1) is 18.7 Å². The third-order valence-electron chi connectivity index (χ3n) is 6.32. The van der Waals surface area contributed by atoms with Gasteiger partial charge in [-0.25, -0.2) is 0 Å². The molecule has 1 aromatic carbocycles. The first kappa shape index (κ1) is 27.4. The van der Waals surface area contributed by atoms with Gasteiger partial charge in [0.15, 0.2) is 11.5 Å². The van der Waals surface area contributed by atoms with Crippen molar-refractivity contribution in [2.45, 2.75) is 59.2 Å². The highest BCUT2D eigenvalue weighted by Crippen LogP contribution is 2.36. The molecule has 2 aromatic rings. The maximum absolute atomic E-state index is 12.7. The van der Waals surface area contributed by atoms with E-state index in [9.17, 15) is 4.79 Å². The first-order chi connectivity index (χ1) is 15.5. The average molecular weight is 496 g/mol. The summed E-state index contributed by atoms with van der Waals surface area (Å²) in [5, 5.41) is 3.09. The van der Waals surface area contributed by atoms with Crippen molar-refractivity contribution in [3.8, 4) is 21.9 Å². The van der Waals surface area contributed by atoms with Crippen molar-refractivity contribution in [1.29, 1.82) is 0 Å². The highest BCUT2D eigenvalue weighted by atomic mass is 35.5. The van der Waals surface area contributed by atoms with E-state index in [1.165, 1.54) is 24.2 Å². The van der Waals surface area contributed by atoms with Crippen LogP contribution in [0.5, 0.6) is 11.5 Å². The van der Waals surface area contributed by atoms with Crippen molar-refractivity contribution in [3.63, 3.8) is 0 Å². The first-order valence-corrected chi connectivity index (χ1v) is 12.5. The van der Waals surface area contributed by atoms with E-state index in [2.05, 4.69) is 42.8 Å². The summed E-state index contributed by atoms with van der Waals surface area (Å²) in [5.41, 5.74) is 1.01. The highest BCUT2D eigenvalue weighted by Gasteiger charge is 2.23. The summed E-state index contributed by atoms with van der Waals surface area (Å²) in [5.74, 6) is 1.41. The summed E-state index contributed by atoms with van der Waals surface area (Å²) in [4.78, 5) is 19.0. The molecule has 6 nitrogen and oxygen atoms in total. The van der Waals surface area contributed by atoms with Gasteiger partial charge in [-0.1, -0.05) is 20.8 Å². The molecule has 0 radical (unpaired) electrons. The molecule has 2 atom stereocenters. The molecule has 33 heavy (non-hydrogen) atoms. The van der Waals surface area contributed by atoms with Crippen LogP contribution in [0, 0.1) is 0 Å². The molecule has 0 aliphatic carbocycles. The van der Waals surface area contributed by atoms with E-state index < -0.39 is 0 Å². The third kappa shape index (κ3) is 6.85. The maximum atomic E-state index is 12.7. The predicted octanol–water partition coefficient (Wildman–Crippen LogP) is 5.47. The van der Waals surface area contributed by atoms with Gasteiger partial charge in [0.1, 0.15) is 6.23 Å². The van der Waals surface area contributed by atoms with Crippen LogP contribution in [0.4, 0.5) is 0 Å². The zero-order valence-electron chi connectivity index (χ0n) is 20.4. The molecule has 2 heterocycles. The number of halogens is 1. The normalized spacial score (nSPS) is 17.0. The Bertz CT molecular complexity index is 888. The molecular formula is C25H38ClN3O3S. The number of nitrogens with one attached hydrogen (secondary N) is 1. The fraction of sp³-hybridized carbons (Fsp3) is 0.560. The van der Waals surface area contributed by atoms with Gasteiger partial charge in [-0.15, -0.1) is 23.7 Å². The lowest BCUT2D eigenvalue weighted by atomic mass is 10.1. The number of benzene rings is 1. The number of hydrogen-bond donors (Lipinski definition) is 1. The Hall–Kier alpha value is -1.80. The SMILES string of the molecule is CC[C@H]1CCCN1CNC(=O)c1ccc(-c2ccc(OC(C)N(CC)CC)c(OC)c2)s1.Cl. The number of thiophene rings is 1. The number of nitrogens with zero attached hydrogens (tertiary/aromatic N) is 2. The van der Waals surface area contributed by atoms with Crippen LogP contribution >= 0.6 is 23.7 Å². The molecule has 1 aliphatic rings. The van der Waals surface area contributed by atoms with Crippen molar-refractivity contribution in [1.82, 2.24) is 15.1 Å². The molecule has 0 saturated carbocycles. The van der Waals surface area contributed by atoms with E-state index in [0.29, 0.717) is 18.5 Å². The van der Waals surface area contributed by atoms with Crippen molar-refractivity contribution in [2.75, 3.05) is 33.4 Å². The summed E-state index contributed by atoms with van der Waals surface area (Å²) in [6.07, 6.45) is 3.54. The van der Waals surface area contributed by atoms with E-state index in [0.717, 1.165) is 47.1 Å². The molecule has 8 heteroatoms. The number of hydrogen-bond acceptors (Lipinski definition) is 6. The Morgan fingerprint density at radius 2 is 1.97 bits per heavy atom. The van der Waals surface area contributed by atoms with E-state index in [4.69, 9.17) is 9.47 Å². The van der Waals surface area contributed by atoms with Crippen LogP contribution in [0.25, 0.3) is 10.4 Å². The van der Waals surface area contributed by atoms with Gasteiger partial charge in [0.25, 0.3) is 5.91 Å². The standard InChI is InChI=1S/C25H37N3O3S.ClH/c1-6-20-10-9-15-28(20)17-26-25(29)24-14-13-23(32-24)19-11-12-21(22(16-19)30-5)31-18(4)27(7-2)8-3;/h11-14,16,18,20H,6-10,15,17H2,1-5H3,(H,26,29);1H/t18?,20-;/m0./s1. The van der Waals surface area contributed by atoms with Crippen LogP contribution in [0.3, 0.4) is 0 Å². The monoisotopic (exact) mass is 495 g/mol. The Balaban J connectivity index is 0.00000385. The lowest BCUT2D eigenvalue weighted by Gasteiger charge is -2.27. The summed E-state index contributed by atoms with van der Waals surface area (Å²) >= 11 is 1.50. The van der Waals surface area contributed by atoms with Crippen LogP contribution < -0.4 is 14.8 Å². The van der Waals surface area contributed by atoms with Gasteiger partial charge >= 0.3 is 0 Å². The molecule has 1 fully saturated rings. The largest absolute Gasteiger partial charge is 0.493 e. The zero-order chi connectivity index (χ0) is 23.1. The lowest BCUT2D eigenvalue weighted by Crippen LogP contribution is -2.39. The summed E-state index contributed by atoms with van der Waals surface area (Å²) in [6, 6.07) is 10.4. The van der Waals surface area contributed by atoms with Crippen LogP contribution in [0.1, 0.15) is 56.6 Å². The van der Waals surface area contributed by atoms with Gasteiger partial charge < -0.3 is 14.8 Å². The molecular weight excluding hydrogens is 458 g/mol. The molecule has 1 unspecified atom stereocenters. The van der Waals surface area contributed by atoms with E-state index >= 15 is 0 Å². The number of amides is 1.